The third kappa shape index (κ3) is 4.88. The van der Waals surface area contributed by atoms with Crippen LogP contribution in [-0.2, 0) is 0 Å². The average Bonchev–Trinajstić information content (AvgIpc) is 2.42. The van der Waals surface area contributed by atoms with Crippen molar-refractivity contribution in [3.63, 3.8) is 0 Å². The molecular formula is C15H24N4. The first-order chi connectivity index (χ1) is 9.08. The Morgan fingerprint density at radius 3 is 2.74 bits per heavy atom. The van der Waals surface area contributed by atoms with E-state index in [1.807, 2.05) is 19.3 Å². The van der Waals surface area contributed by atoms with Crippen LogP contribution in [0, 0.1) is 17.2 Å². The number of anilines is 1. The van der Waals surface area contributed by atoms with Gasteiger partial charge in [0.1, 0.15) is 5.82 Å². The number of nitrogens with zero attached hydrogens (tertiary/aromatic N) is 3. The fraction of sp³-hybridized carbons (Fsp3) is 0.600. The third-order valence-electron chi connectivity index (χ3n) is 3.11. The molecule has 104 valence electrons. The van der Waals surface area contributed by atoms with Crippen LogP contribution in [0.4, 0.5) is 5.82 Å². The molecule has 4 nitrogen and oxygen atoms in total. The zero-order chi connectivity index (χ0) is 14.3. The van der Waals surface area contributed by atoms with Crippen molar-refractivity contribution in [2.75, 3.05) is 25.0 Å². The molecule has 0 aliphatic heterocycles. The second-order valence-electron chi connectivity index (χ2n) is 5.21. The topological polar surface area (TPSA) is 52.0 Å². The number of aromatic nitrogens is 1. The normalized spacial score (nSPS) is 12.2. The van der Waals surface area contributed by atoms with Gasteiger partial charge >= 0.3 is 0 Å². The lowest BCUT2D eigenvalue weighted by atomic mass is 10.1. The first kappa shape index (κ1) is 15.5. The van der Waals surface area contributed by atoms with Crippen LogP contribution in [0.2, 0.25) is 0 Å². The second-order valence-corrected chi connectivity index (χ2v) is 5.21. The lowest BCUT2D eigenvalue weighted by molar-refractivity contribution is 0.605. The summed E-state index contributed by atoms with van der Waals surface area (Å²) in [5.41, 5.74) is 1.22. The molecule has 0 radical (unpaired) electrons. The van der Waals surface area contributed by atoms with Gasteiger partial charge in [-0.05, 0) is 37.6 Å². The highest BCUT2D eigenvalue weighted by Crippen LogP contribution is 2.19. The van der Waals surface area contributed by atoms with E-state index in [1.165, 1.54) is 5.56 Å². The number of hydrogen-bond donors (Lipinski definition) is 1. The van der Waals surface area contributed by atoms with Crippen molar-refractivity contribution in [2.45, 2.75) is 33.2 Å². The molecule has 1 heterocycles. The van der Waals surface area contributed by atoms with Gasteiger partial charge in [-0.3, -0.25) is 0 Å². The van der Waals surface area contributed by atoms with E-state index in [4.69, 9.17) is 5.26 Å². The molecule has 1 atom stereocenters. The lowest BCUT2D eigenvalue weighted by Crippen LogP contribution is -2.29. The zero-order valence-electron chi connectivity index (χ0n) is 12.3. The maximum atomic E-state index is 8.77. The van der Waals surface area contributed by atoms with E-state index in [0.717, 1.165) is 18.9 Å². The standard InChI is InChI=1S/C15H24N4/c1-12(2)11-19(9-5-7-16)15-10-14(6-8-18-15)13(3)17-4/h6,8,10,12-13,17H,5,9,11H2,1-4H3. The van der Waals surface area contributed by atoms with Crippen LogP contribution in [0.25, 0.3) is 0 Å². The average molecular weight is 260 g/mol. The number of rotatable bonds is 7. The lowest BCUT2D eigenvalue weighted by Gasteiger charge is -2.25. The Morgan fingerprint density at radius 1 is 1.42 bits per heavy atom. The smallest absolute Gasteiger partial charge is 0.128 e. The van der Waals surface area contributed by atoms with Crippen molar-refractivity contribution in [1.29, 1.82) is 5.26 Å². The molecule has 0 amide bonds. The van der Waals surface area contributed by atoms with Crippen LogP contribution >= 0.6 is 0 Å². The minimum Gasteiger partial charge on any atom is -0.355 e. The number of pyridine rings is 1. The van der Waals surface area contributed by atoms with Crippen LogP contribution in [0.1, 0.15) is 38.8 Å². The third-order valence-corrected chi connectivity index (χ3v) is 3.11. The van der Waals surface area contributed by atoms with Crippen molar-refractivity contribution in [3.8, 4) is 6.07 Å². The molecule has 4 heteroatoms. The van der Waals surface area contributed by atoms with Gasteiger partial charge in [0.15, 0.2) is 0 Å². The summed E-state index contributed by atoms with van der Waals surface area (Å²) in [5.74, 6) is 1.51. The van der Waals surface area contributed by atoms with Crippen molar-refractivity contribution in [1.82, 2.24) is 10.3 Å². The Morgan fingerprint density at radius 2 is 2.16 bits per heavy atom. The van der Waals surface area contributed by atoms with E-state index in [2.05, 4.69) is 48.1 Å². The Bertz CT molecular complexity index is 422. The zero-order valence-corrected chi connectivity index (χ0v) is 12.3. The molecule has 19 heavy (non-hydrogen) atoms. The quantitative estimate of drug-likeness (QED) is 0.819. The summed E-state index contributed by atoms with van der Waals surface area (Å²) in [6.45, 7) is 8.14. The van der Waals surface area contributed by atoms with Crippen molar-refractivity contribution < 1.29 is 0 Å². The highest BCUT2D eigenvalue weighted by molar-refractivity contribution is 5.42. The number of hydrogen-bond acceptors (Lipinski definition) is 4. The molecule has 1 N–H and O–H groups in total. The Kier molecular flexibility index (Phi) is 6.31. The van der Waals surface area contributed by atoms with Gasteiger partial charge in [-0.1, -0.05) is 13.8 Å². The van der Waals surface area contributed by atoms with Crippen LogP contribution in [0.3, 0.4) is 0 Å². The van der Waals surface area contributed by atoms with Gasteiger partial charge in [0, 0.05) is 25.3 Å². The maximum Gasteiger partial charge on any atom is 0.128 e. The van der Waals surface area contributed by atoms with Gasteiger partial charge in [0.25, 0.3) is 0 Å². The molecule has 1 rings (SSSR count). The Balaban J connectivity index is 2.91. The summed E-state index contributed by atoms with van der Waals surface area (Å²) in [4.78, 5) is 6.65. The fourth-order valence-electron chi connectivity index (χ4n) is 1.97. The van der Waals surface area contributed by atoms with E-state index in [0.29, 0.717) is 18.4 Å². The highest BCUT2D eigenvalue weighted by atomic mass is 15.2. The SMILES string of the molecule is CNC(C)c1ccnc(N(CCC#N)CC(C)C)c1. The Hall–Kier alpha value is -1.60. The minimum absolute atomic E-state index is 0.304. The molecule has 0 aromatic carbocycles. The predicted octanol–water partition coefficient (Wildman–Crippen LogP) is 2.74. The van der Waals surface area contributed by atoms with Gasteiger partial charge in [0.2, 0.25) is 0 Å². The van der Waals surface area contributed by atoms with Crippen molar-refractivity contribution >= 4 is 5.82 Å². The van der Waals surface area contributed by atoms with E-state index >= 15 is 0 Å². The predicted molar refractivity (Wildman–Crippen MR) is 79.0 cm³/mol. The van der Waals surface area contributed by atoms with Gasteiger partial charge in [-0.25, -0.2) is 4.98 Å². The molecule has 0 saturated heterocycles. The molecular weight excluding hydrogens is 236 g/mol. The van der Waals surface area contributed by atoms with E-state index in [-0.39, 0.29) is 0 Å². The maximum absolute atomic E-state index is 8.77. The summed E-state index contributed by atoms with van der Waals surface area (Å²) in [7, 11) is 1.95. The highest BCUT2D eigenvalue weighted by Gasteiger charge is 2.11. The molecule has 1 aromatic rings. The van der Waals surface area contributed by atoms with Crippen molar-refractivity contribution in [3.05, 3.63) is 23.9 Å². The fourth-order valence-corrected chi connectivity index (χ4v) is 1.97. The summed E-state index contributed by atoms with van der Waals surface area (Å²) in [5, 5.41) is 12.0. The summed E-state index contributed by atoms with van der Waals surface area (Å²) < 4.78 is 0. The van der Waals surface area contributed by atoms with Gasteiger partial charge in [-0.2, -0.15) is 5.26 Å². The number of nitrogens with one attached hydrogen (secondary N) is 1. The molecule has 0 spiro atoms. The summed E-state index contributed by atoms with van der Waals surface area (Å²) >= 11 is 0. The molecule has 1 aromatic heterocycles. The molecule has 0 bridgehead atoms. The van der Waals surface area contributed by atoms with Gasteiger partial charge < -0.3 is 10.2 Å². The summed E-state index contributed by atoms with van der Waals surface area (Å²) in [6.07, 6.45) is 2.37. The van der Waals surface area contributed by atoms with E-state index in [9.17, 15) is 0 Å². The van der Waals surface area contributed by atoms with Crippen LogP contribution in [0.15, 0.2) is 18.3 Å². The first-order valence-corrected chi connectivity index (χ1v) is 6.83. The van der Waals surface area contributed by atoms with E-state index < -0.39 is 0 Å². The first-order valence-electron chi connectivity index (χ1n) is 6.83. The monoisotopic (exact) mass is 260 g/mol. The van der Waals surface area contributed by atoms with Crippen molar-refractivity contribution in [2.24, 2.45) is 5.92 Å². The minimum atomic E-state index is 0.304. The number of nitriles is 1. The molecule has 0 aliphatic carbocycles. The van der Waals surface area contributed by atoms with Crippen LogP contribution in [0.5, 0.6) is 0 Å². The molecule has 1 unspecified atom stereocenters. The second kappa shape index (κ2) is 7.75. The Labute approximate surface area is 116 Å². The molecule has 0 fully saturated rings. The van der Waals surface area contributed by atoms with E-state index in [1.54, 1.807) is 0 Å². The largest absolute Gasteiger partial charge is 0.355 e. The molecule has 0 aliphatic rings. The van der Waals surface area contributed by atoms with Gasteiger partial charge in [0.05, 0.1) is 12.5 Å². The molecule has 0 saturated carbocycles. The van der Waals surface area contributed by atoms with Crippen LogP contribution < -0.4 is 10.2 Å². The summed E-state index contributed by atoms with van der Waals surface area (Å²) in [6, 6.07) is 6.65. The van der Waals surface area contributed by atoms with Gasteiger partial charge in [-0.15, -0.1) is 0 Å². The van der Waals surface area contributed by atoms with Crippen LogP contribution in [-0.4, -0.2) is 25.1 Å².